The number of rotatable bonds is 4. The van der Waals surface area contributed by atoms with Gasteiger partial charge in [0.25, 0.3) is 0 Å². The molecule has 2 N–H and O–H groups in total. The van der Waals surface area contributed by atoms with Crippen LogP contribution in [0.25, 0.3) is 0 Å². The molecule has 0 bridgehead atoms. The van der Waals surface area contributed by atoms with Crippen LogP contribution in [-0.4, -0.2) is 31.1 Å². The van der Waals surface area contributed by atoms with E-state index < -0.39 is 0 Å². The van der Waals surface area contributed by atoms with Gasteiger partial charge in [0, 0.05) is 6.54 Å². The Labute approximate surface area is 107 Å². The van der Waals surface area contributed by atoms with Gasteiger partial charge in [0.2, 0.25) is 0 Å². The summed E-state index contributed by atoms with van der Waals surface area (Å²) >= 11 is 0. The van der Waals surface area contributed by atoms with Crippen LogP contribution >= 0.6 is 0 Å². The molecule has 1 saturated heterocycles. The maximum Gasteiger partial charge on any atom is 0.00501 e. The molecule has 2 fully saturated rings. The zero-order valence-electron chi connectivity index (χ0n) is 11.6. The Hall–Kier alpha value is -0.0800. The van der Waals surface area contributed by atoms with E-state index in [0.29, 0.717) is 5.41 Å². The highest BCUT2D eigenvalue weighted by atomic mass is 15.1. The van der Waals surface area contributed by atoms with Crippen molar-refractivity contribution < 1.29 is 0 Å². The summed E-state index contributed by atoms with van der Waals surface area (Å²) in [5.74, 6) is 0.992. The molecule has 0 unspecified atom stereocenters. The average Bonchev–Trinajstić information content (AvgIpc) is 2.41. The van der Waals surface area contributed by atoms with Crippen molar-refractivity contribution in [2.45, 2.75) is 58.3 Å². The Morgan fingerprint density at radius 2 is 1.76 bits per heavy atom. The fourth-order valence-electron chi connectivity index (χ4n) is 3.76. The van der Waals surface area contributed by atoms with Gasteiger partial charge in [0.15, 0.2) is 0 Å². The molecule has 2 rings (SSSR count). The number of hydrogen-bond acceptors (Lipinski definition) is 2. The Kier molecular flexibility index (Phi) is 4.87. The van der Waals surface area contributed by atoms with E-state index in [-0.39, 0.29) is 0 Å². The van der Waals surface area contributed by atoms with Crippen molar-refractivity contribution in [3.05, 3.63) is 0 Å². The van der Waals surface area contributed by atoms with Gasteiger partial charge in [0.05, 0.1) is 0 Å². The monoisotopic (exact) mass is 238 g/mol. The quantitative estimate of drug-likeness (QED) is 0.816. The Morgan fingerprint density at radius 3 is 2.29 bits per heavy atom. The second kappa shape index (κ2) is 6.19. The molecule has 1 saturated carbocycles. The predicted octanol–water partition coefficient (Wildman–Crippen LogP) is 3.02. The summed E-state index contributed by atoms with van der Waals surface area (Å²) in [5, 5.41) is 0. The van der Waals surface area contributed by atoms with E-state index in [0.717, 1.165) is 12.5 Å². The van der Waals surface area contributed by atoms with Gasteiger partial charge in [0.1, 0.15) is 0 Å². The van der Waals surface area contributed by atoms with Gasteiger partial charge < -0.3 is 10.6 Å². The highest BCUT2D eigenvalue weighted by Crippen LogP contribution is 2.37. The number of nitrogens with two attached hydrogens (primary N) is 1. The number of likely N-dealkylation sites (tertiary alicyclic amines) is 1. The van der Waals surface area contributed by atoms with Gasteiger partial charge in [-0.25, -0.2) is 0 Å². The van der Waals surface area contributed by atoms with Gasteiger partial charge in [-0.1, -0.05) is 32.6 Å². The molecule has 2 aliphatic rings. The minimum absolute atomic E-state index is 0.470. The molecule has 1 aliphatic heterocycles. The van der Waals surface area contributed by atoms with Crippen molar-refractivity contribution in [2.24, 2.45) is 17.1 Å². The third-order valence-electron chi connectivity index (χ3n) is 5.19. The van der Waals surface area contributed by atoms with E-state index in [2.05, 4.69) is 11.8 Å². The highest BCUT2D eigenvalue weighted by molar-refractivity contribution is 4.88. The van der Waals surface area contributed by atoms with Crippen molar-refractivity contribution in [3.8, 4) is 0 Å². The summed E-state index contributed by atoms with van der Waals surface area (Å²) in [4.78, 5) is 2.70. The minimum atomic E-state index is 0.470. The van der Waals surface area contributed by atoms with E-state index in [4.69, 9.17) is 5.73 Å². The lowest BCUT2D eigenvalue weighted by Crippen LogP contribution is -2.46. The second-order valence-corrected chi connectivity index (χ2v) is 6.39. The lowest BCUT2D eigenvalue weighted by atomic mass is 9.73. The highest BCUT2D eigenvalue weighted by Gasteiger charge is 2.33. The van der Waals surface area contributed by atoms with Gasteiger partial charge in [-0.2, -0.15) is 0 Å². The smallest absolute Gasteiger partial charge is 0.00501 e. The van der Waals surface area contributed by atoms with E-state index in [1.165, 1.54) is 71.0 Å². The van der Waals surface area contributed by atoms with Crippen LogP contribution in [0.3, 0.4) is 0 Å². The van der Waals surface area contributed by atoms with E-state index in [1.807, 2.05) is 0 Å². The maximum absolute atomic E-state index is 6.08. The van der Waals surface area contributed by atoms with Crippen molar-refractivity contribution in [3.63, 3.8) is 0 Å². The summed E-state index contributed by atoms with van der Waals surface area (Å²) in [6.45, 7) is 7.16. The zero-order chi connectivity index (χ0) is 12.1. The van der Waals surface area contributed by atoms with Gasteiger partial charge in [-0.3, -0.25) is 0 Å². The Morgan fingerprint density at radius 1 is 1.12 bits per heavy atom. The third-order valence-corrected chi connectivity index (χ3v) is 5.19. The second-order valence-electron chi connectivity index (χ2n) is 6.39. The van der Waals surface area contributed by atoms with Crippen LogP contribution in [0, 0.1) is 11.3 Å². The van der Waals surface area contributed by atoms with Crippen LogP contribution in [0.5, 0.6) is 0 Å². The molecular weight excluding hydrogens is 208 g/mol. The first-order valence-electron chi connectivity index (χ1n) is 7.70. The molecule has 0 spiro atoms. The van der Waals surface area contributed by atoms with Gasteiger partial charge >= 0.3 is 0 Å². The first kappa shape index (κ1) is 13.4. The summed E-state index contributed by atoms with van der Waals surface area (Å²) in [6.07, 6.45) is 11.2. The van der Waals surface area contributed by atoms with Crippen LogP contribution in [0.15, 0.2) is 0 Å². The number of nitrogens with zero attached hydrogens (tertiary/aromatic N) is 1. The Balaban J connectivity index is 1.82. The summed E-state index contributed by atoms with van der Waals surface area (Å²) in [6, 6.07) is 0. The molecule has 0 aromatic heterocycles. The van der Waals surface area contributed by atoms with E-state index in [9.17, 15) is 0 Å². The van der Waals surface area contributed by atoms with Crippen LogP contribution in [0.1, 0.15) is 58.3 Å². The Bertz CT molecular complexity index is 213. The normalized spacial score (nSPS) is 27.2. The fraction of sp³-hybridized carbons (Fsp3) is 1.00. The largest absolute Gasteiger partial charge is 0.330 e. The molecule has 0 radical (unpaired) electrons. The summed E-state index contributed by atoms with van der Waals surface area (Å²) in [5.41, 5.74) is 6.55. The van der Waals surface area contributed by atoms with Crippen LogP contribution in [0.4, 0.5) is 0 Å². The SMILES string of the molecule is CCC1CCN(CC2(CN)CCCCC2)CC1. The molecule has 2 nitrogen and oxygen atoms in total. The molecule has 100 valence electrons. The summed E-state index contributed by atoms with van der Waals surface area (Å²) in [7, 11) is 0. The molecule has 17 heavy (non-hydrogen) atoms. The first-order chi connectivity index (χ1) is 8.28. The average molecular weight is 238 g/mol. The minimum Gasteiger partial charge on any atom is -0.330 e. The lowest BCUT2D eigenvalue weighted by molar-refractivity contribution is 0.0838. The van der Waals surface area contributed by atoms with Crippen molar-refractivity contribution in [1.82, 2.24) is 4.90 Å². The van der Waals surface area contributed by atoms with Crippen molar-refractivity contribution in [2.75, 3.05) is 26.2 Å². The molecule has 1 aliphatic carbocycles. The molecular formula is C15H30N2. The number of piperidine rings is 1. The maximum atomic E-state index is 6.08. The summed E-state index contributed by atoms with van der Waals surface area (Å²) < 4.78 is 0. The standard InChI is InChI=1S/C15H30N2/c1-2-14-6-10-17(11-7-14)13-15(12-16)8-4-3-5-9-15/h14H,2-13,16H2,1H3. The molecule has 1 heterocycles. The van der Waals surface area contributed by atoms with E-state index in [1.54, 1.807) is 0 Å². The van der Waals surface area contributed by atoms with Gasteiger partial charge in [-0.15, -0.1) is 0 Å². The van der Waals surface area contributed by atoms with Crippen LogP contribution in [0.2, 0.25) is 0 Å². The fourth-order valence-corrected chi connectivity index (χ4v) is 3.76. The lowest BCUT2D eigenvalue weighted by Gasteiger charge is -2.42. The topological polar surface area (TPSA) is 29.3 Å². The molecule has 2 heteroatoms. The number of hydrogen-bond donors (Lipinski definition) is 1. The zero-order valence-corrected chi connectivity index (χ0v) is 11.6. The van der Waals surface area contributed by atoms with Crippen molar-refractivity contribution >= 4 is 0 Å². The molecule has 0 atom stereocenters. The molecule has 0 aromatic rings. The first-order valence-corrected chi connectivity index (χ1v) is 7.70. The molecule has 0 amide bonds. The van der Waals surface area contributed by atoms with Crippen molar-refractivity contribution in [1.29, 1.82) is 0 Å². The van der Waals surface area contributed by atoms with Crippen LogP contribution < -0.4 is 5.73 Å². The predicted molar refractivity (Wildman–Crippen MR) is 74.0 cm³/mol. The van der Waals surface area contributed by atoms with Gasteiger partial charge in [-0.05, 0) is 56.7 Å². The molecule has 0 aromatic carbocycles. The van der Waals surface area contributed by atoms with E-state index >= 15 is 0 Å². The van der Waals surface area contributed by atoms with Crippen LogP contribution in [-0.2, 0) is 0 Å². The third kappa shape index (κ3) is 3.45.